The highest BCUT2D eigenvalue weighted by molar-refractivity contribution is 5.89. The number of amides is 1. The highest BCUT2D eigenvalue weighted by atomic mass is 16.4. The van der Waals surface area contributed by atoms with Crippen LogP contribution >= 0.6 is 0 Å². The highest BCUT2D eigenvalue weighted by Crippen LogP contribution is 2.39. The fourth-order valence-electron chi connectivity index (χ4n) is 2.30. The van der Waals surface area contributed by atoms with Gasteiger partial charge in [-0.25, -0.2) is 4.79 Å². The lowest BCUT2D eigenvalue weighted by Gasteiger charge is -2.27. The molecule has 2 atom stereocenters. The van der Waals surface area contributed by atoms with E-state index in [0.717, 1.165) is 18.4 Å². The van der Waals surface area contributed by atoms with Crippen LogP contribution in [0.3, 0.4) is 0 Å². The third-order valence-corrected chi connectivity index (χ3v) is 3.86. The first kappa shape index (κ1) is 14.5. The quantitative estimate of drug-likeness (QED) is 0.720. The van der Waals surface area contributed by atoms with Crippen molar-refractivity contribution in [2.75, 3.05) is 0 Å². The molecule has 1 unspecified atom stereocenters. The van der Waals surface area contributed by atoms with Gasteiger partial charge in [0.25, 0.3) is 0 Å². The standard InChI is InChI=1S/C15H20N2O3/c1-15(14(19)20,11-7-8-11)17-13(18)12(16)9-10-5-3-2-4-6-10/h2-6,11-12H,7-9,16H2,1H3,(H,17,18)(H,19,20)/t12-,15?/m1/s1. The number of hydrogen-bond donors (Lipinski definition) is 3. The Hall–Kier alpha value is -1.88. The monoisotopic (exact) mass is 276 g/mol. The number of benzene rings is 1. The van der Waals surface area contributed by atoms with Gasteiger partial charge < -0.3 is 16.2 Å². The van der Waals surface area contributed by atoms with Crippen LogP contribution in [0, 0.1) is 5.92 Å². The Bertz CT molecular complexity index is 499. The van der Waals surface area contributed by atoms with Crippen molar-refractivity contribution >= 4 is 11.9 Å². The lowest BCUT2D eigenvalue weighted by molar-refractivity contribution is -0.148. The first-order chi connectivity index (χ1) is 9.43. The van der Waals surface area contributed by atoms with Crippen LogP contribution in [0.2, 0.25) is 0 Å². The molecule has 2 rings (SSSR count). The van der Waals surface area contributed by atoms with E-state index in [-0.39, 0.29) is 5.92 Å². The van der Waals surface area contributed by atoms with Gasteiger partial charge in [0.2, 0.25) is 5.91 Å². The van der Waals surface area contributed by atoms with Gasteiger partial charge in [-0.05, 0) is 37.7 Å². The average Bonchev–Trinajstić information content (AvgIpc) is 3.24. The third kappa shape index (κ3) is 3.17. The number of hydrogen-bond acceptors (Lipinski definition) is 3. The van der Waals surface area contributed by atoms with Crippen molar-refractivity contribution in [3.8, 4) is 0 Å². The van der Waals surface area contributed by atoms with Crippen molar-refractivity contribution in [3.63, 3.8) is 0 Å². The number of carboxylic acids is 1. The van der Waals surface area contributed by atoms with Gasteiger partial charge in [-0.3, -0.25) is 4.79 Å². The molecule has 108 valence electrons. The molecule has 0 radical (unpaired) electrons. The summed E-state index contributed by atoms with van der Waals surface area (Å²) >= 11 is 0. The van der Waals surface area contributed by atoms with Gasteiger partial charge in [0.05, 0.1) is 6.04 Å². The van der Waals surface area contributed by atoms with Crippen LogP contribution in [-0.4, -0.2) is 28.6 Å². The number of rotatable bonds is 6. The Morgan fingerprint density at radius 2 is 2.00 bits per heavy atom. The van der Waals surface area contributed by atoms with Gasteiger partial charge in [-0.1, -0.05) is 30.3 Å². The van der Waals surface area contributed by atoms with Crippen molar-refractivity contribution in [1.82, 2.24) is 5.32 Å². The smallest absolute Gasteiger partial charge is 0.329 e. The molecule has 1 saturated carbocycles. The molecule has 0 aliphatic heterocycles. The van der Waals surface area contributed by atoms with E-state index in [2.05, 4.69) is 5.32 Å². The first-order valence-corrected chi connectivity index (χ1v) is 6.78. The molecule has 0 heterocycles. The van der Waals surface area contributed by atoms with Crippen molar-refractivity contribution < 1.29 is 14.7 Å². The second-order valence-electron chi connectivity index (χ2n) is 5.57. The summed E-state index contributed by atoms with van der Waals surface area (Å²) in [6.45, 7) is 1.56. The Morgan fingerprint density at radius 1 is 1.40 bits per heavy atom. The van der Waals surface area contributed by atoms with Crippen LogP contribution in [0.4, 0.5) is 0 Å². The van der Waals surface area contributed by atoms with Gasteiger partial charge >= 0.3 is 5.97 Å². The van der Waals surface area contributed by atoms with E-state index < -0.39 is 23.5 Å². The van der Waals surface area contributed by atoms with Crippen LogP contribution in [0.1, 0.15) is 25.3 Å². The topological polar surface area (TPSA) is 92.4 Å². The normalized spacial score (nSPS) is 18.9. The molecule has 1 aliphatic carbocycles. The van der Waals surface area contributed by atoms with E-state index in [1.807, 2.05) is 30.3 Å². The molecule has 1 aromatic carbocycles. The SMILES string of the molecule is CC(NC(=O)[C@H](N)Cc1ccccc1)(C(=O)O)C1CC1. The molecular formula is C15H20N2O3. The second-order valence-corrected chi connectivity index (χ2v) is 5.57. The molecular weight excluding hydrogens is 256 g/mol. The van der Waals surface area contributed by atoms with Crippen LogP contribution in [-0.2, 0) is 16.0 Å². The minimum atomic E-state index is -1.20. The average molecular weight is 276 g/mol. The molecule has 5 nitrogen and oxygen atoms in total. The molecule has 0 saturated heterocycles. The molecule has 1 aromatic rings. The third-order valence-electron chi connectivity index (χ3n) is 3.86. The van der Waals surface area contributed by atoms with Gasteiger partial charge in [-0.2, -0.15) is 0 Å². The summed E-state index contributed by atoms with van der Waals surface area (Å²) in [5, 5.41) is 11.9. The molecule has 5 heteroatoms. The number of carbonyl (C=O) groups excluding carboxylic acids is 1. The Labute approximate surface area is 118 Å². The number of carboxylic acid groups (broad SMARTS) is 1. The second kappa shape index (κ2) is 5.63. The van der Waals surface area contributed by atoms with Crippen LogP contribution in [0.15, 0.2) is 30.3 Å². The maximum absolute atomic E-state index is 12.1. The molecule has 0 aromatic heterocycles. The number of nitrogens with one attached hydrogen (secondary N) is 1. The lowest BCUT2D eigenvalue weighted by atomic mass is 9.95. The molecule has 0 spiro atoms. The van der Waals surface area contributed by atoms with Crippen molar-refractivity contribution in [1.29, 1.82) is 0 Å². The summed E-state index contributed by atoms with van der Waals surface area (Å²) in [5.41, 5.74) is 5.63. The van der Waals surface area contributed by atoms with E-state index in [0.29, 0.717) is 6.42 Å². The summed E-state index contributed by atoms with van der Waals surface area (Å²) in [7, 11) is 0. The van der Waals surface area contributed by atoms with Gasteiger partial charge in [0.15, 0.2) is 0 Å². The zero-order chi connectivity index (χ0) is 14.8. The van der Waals surface area contributed by atoms with Gasteiger partial charge in [0, 0.05) is 0 Å². The molecule has 1 amide bonds. The molecule has 20 heavy (non-hydrogen) atoms. The summed E-state index contributed by atoms with van der Waals surface area (Å²) in [5.74, 6) is -1.40. The van der Waals surface area contributed by atoms with Crippen LogP contribution in [0.25, 0.3) is 0 Å². The number of aliphatic carboxylic acids is 1. The summed E-state index contributed by atoms with van der Waals surface area (Å²) < 4.78 is 0. The van der Waals surface area contributed by atoms with E-state index in [1.165, 1.54) is 0 Å². The first-order valence-electron chi connectivity index (χ1n) is 6.78. The van der Waals surface area contributed by atoms with E-state index in [1.54, 1.807) is 6.92 Å². The van der Waals surface area contributed by atoms with Gasteiger partial charge in [0.1, 0.15) is 5.54 Å². The molecule has 4 N–H and O–H groups in total. The minimum Gasteiger partial charge on any atom is -0.480 e. The van der Waals surface area contributed by atoms with Crippen LogP contribution in [0.5, 0.6) is 0 Å². The minimum absolute atomic E-state index is 0.00729. The van der Waals surface area contributed by atoms with Gasteiger partial charge in [-0.15, -0.1) is 0 Å². The highest BCUT2D eigenvalue weighted by Gasteiger charge is 2.48. The van der Waals surface area contributed by atoms with Crippen molar-refractivity contribution in [3.05, 3.63) is 35.9 Å². The van der Waals surface area contributed by atoms with E-state index in [4.69, 9.17) is 5.73 Å². The number of nitrogens with two attached hydrogens (primary N) is 1. The molecule has 1 fully saturated rings. The number of carbonyl (C=O) groups is 2. The van der Waals surface area contributed by atoms with Crippen molar-refractivity contribution in [2.45, 2.75) is 37.8 Å². The zero-order valence-corrected chi connectivity index (χ0v) is 11.5. The van der Waals surface area contributed by atoms with Crippen molar-refractivity contribution in [2.24, 2.45) is 11.7 Å². The van der Waals surface area contributed by atoms with Crippen LogP contribution < -0.4 is 11.1 Å². The Morgan fingerprint density at radius 3 is 2.50 bits per heavy atom. The summed E-state index contributed by atoms with van der Waals surface area (Å²) in [6.07, 6.45) is 2.06. The largest absolute Gasteiger partial charge is 0.480 e. The fourth-order valence-corrected chi connectivity index (χ4v) is 2.30. The Balaban J connectivity index is 1.98. The summed E-state index contributed by atoms with van der Waals surface area (Å²) in [6, 6.07) is 8.70. The molecule has 1 aliphatic rings. The van der Waals surface area contributed by atoms with E-state index in [9.17, 15) is 14.7 Å². The maximum Gasteiger partial charge on any atom is 0.329 e. The molecule has 0 bridgehead atoms. The predicted octanol–water partition coefficient (Wildman–Crippen LogP) is 0.926. The van der Waals surface area contributed by atoms with E-state index >= 15 is 0 Å². The fraction of sp³-hybridized carbons (Fsp3) is 0.467. The Kier molecular flexibility index (Phi) is 4.09. The zero-order valence-electron chi connectivity index (χ0n) is 11.5. The summed E-state index contributed by atoms with van der Waals surface area (Å²) in [4.78, 5) is 23.5. The predicted molar refractivity (Wildman–Crippen MR) is 75.0 cm³/mol. The maximum atomic E-state index is 12.1. The lowest BCUT2D eigenvalue weighted by Crippen LogP contribution is -2.58.